The highest BCUT2D eigenvalue weighted by atomic mass is 16.5. The second-order valence-electron chi connectivity index (χ2n) is 7.68. The highest BCUT2D eigenvalue weighted by Gasteiger charge is 2.18. The first-order chi connectivity index (χ1) is 15.5. The predicted octanol–water partition coefficient (Wildman–Crippen LogP) is 1.37. The lowest BCUT2D eigenvalue weighted by atomic mass is 10.1. The van der Waals surface area contributed by atoms with Gasteiger partial charge < -0.3 is 9.84 Å². The predicted molar refractivity (Wildman–Crippen MR) is 118 cm³/mol. The third-order valence-corrected chi connectivity index (χ3v) is 5.40. The number of hydrogen-bond donors (Lipinski definition) is 1. The summed E-state index contributed by atoms with van der Waals surface area (Å²) >= 11 is 0. The van der Waals surface area contributed by atoms with Gasteiger partial charge in [0.2, 0.25) is 5.43 Å². The van der Waals surface area contributed by atoms with E-state index in [1.165, 1.54) is 11.0 Å². The van der Waals surface area contributed by atoms with Crippen molar-refractivity contribution in [2.24, 2.45) is 7.05 Å². The van der Waals surface area contributed by atoms with Gasteiger partial charge in [-0.3, -0.25) is 19.3 Å². The molecule has 32 heavy (non-hydrogen) atoms. The lowest BCUT2D eigenvalue weighted by Crippen LogP contribution is -2.42. The average Bonchev–Trinajstić information content (AvgIpc) is 3.22. The lowest BCUT2D eigenvalue weighted by molar-refractivity contribution is 0.0392. The van der Waals surface area contributed by atoms with Crippen molar-refractivity contribution in [2.75, 3.05) is 44.3 Å². The topological polar surface area (TPSA) is 106 Å². The number of morpholine rings is 1. The van der Waals surface area contributed by atoms with Gasteiger partial charge in [-0.25, -0.2) is 9.48 Å². The number of hydrogen-bond acceptors (Lipinski definition) is 6. The summed E-state index contributed by atoms with van der Waals surface area (Å²) in [7, 11) is 1.81. The molecule has 1 saturated heterocycles. The van der Waals surface area contributed by atoms with Gasteiger partial charge in [0.05, 0.1) is 25.6 Å². The fourth-order valence-electron chi connectivity index (χ4n) is 3.67. The Balaban J connectivity index is 1.52. The van der Waals surface area contributed by atoms with Crippen molar-refractivity contribution in [3.05, 3.63) is 70.4 Å². The van der Waals surface area contributed by atoms with Crippen LogP contribution in [0.4, 0.5) is 10.5 Å². The highest BCUT2D eigenvalue weighted by Crippen LogP contribution is 2.18. The van der Waals surface area contributed by atoms with E-state index in [4.69, 9.17) is 4.74 Å². The molecular formula is C22H26N6O4. The summed E-state index contributed by atoms with van der Waals surface area (Å²) in [5.74, 6) is 0. The van der Waals surface area contributed by atoms with Crippen LogP contribution in [0.15, 0.2) is 53.7 Å². The number of ether oxygens (including phenoxy) is 1. The van der Waals surface area contributed by atoms with Gasteiger partial charge in [-0.2, -0.15) is 10.2 Å². The summed E-state index contributed by atoms with van der Waals surface area (Å²) in [4.78, 5) is 27.8. The van der Waals surface area contributed by atoms with Gasteiger partial charge in [-0.1, -0.05) is 12.1 Å². The molecule has 10 heteroatoms. The molecule has 1 aliphatic heterocycles. The summed E-state index contributed by atoms with van der Waals surface area (Å²) in [5, 5.41) is 18.3. The van der Waals surface area contributed by atoms with Crippen LogP contribution in [0.2, 0.25) is 0 Å². The summed E-state index contributed by atoms with van der Waals surface area (Å²) in [6.07, 6.45) is 4.37. The van der Waals surface area contributed by atoms with Crippen LogP contribution in [0.1, 0.15) is 11.3 Å². The normalized spacial score (nSPS) is 14.4. The number of aromatic nitrogens is 4. The Morgan fingerprint density at radius 3 is 2.78 bits per heavy atom. The van der Waals surface area contributed by atoms with Crippen molar-refractivity contribution in [1.82, 2.24) is 24.5 Å². The Labute approximate surface area is 185 Å². The molecule has 0 aliphatic carbocycles. The van der Waals surface area contributed by atoms with E-state index in [1.54, 1.807) is 46.2 Å². The number of carboxylic acid groups (broad SMARTS) is 1. The monoisotopic (exact) mass is 438 g/mol. The van der Waals surface area contributed by atoms with Crippen molar-refractivity contribution in [2.45, 2.75) is 6.42 Å². The zero-order valence-corrected chi connectivity index (χ0v) is 17.9. The number of carbonyl (C=O) groups is 1. The summed E-state index contributed by atoms with van der Waals surface area (Å²) in [6, 6.07) is 8.72. The van der Waals surface area contributed by atoms with Crippen molar-refractivity contribution in [3.63, 3.8) is 0 Å². The fourth-order valence-corrected chi connectivity index (χ4v) is 3.67. The van der Waals surface area contributed by atoms with Crippen molar-refractivity contribution in [3.8, 4) is 5.69 Å². The molecule has 1 aromatic carbocycles. The minimum absolute atomic E-state index is 0.169. The van der Waals surface area contributed by atoms with Gasteiger partial charge in [0.15, 0.2) is 0 Å². The molecule has 3 heterocycles. The van der Waals surface area contributed by atoms with E-state index < -0.39 is 6.09 Å². The standard InChI is InChI=1S/C22H26N6O4/c1-25-16-19(15-23-25)28-6-5-21(29)20(24-28)14-17-3-2-4-18(13-17)27(22(30)31)8-7-26-9-11-32-12-10-26/h2-6,13,15-16H,7-12,14H2,1H3,(H,30,31). The van der Waals surface area contributed by atoms with Crippen molar-refractivity contribution >= 4 is 11.8 Å². The van der Waals surface area contributed by atoms with E-state index >= 15 is 0 Å². The Kier molecular flexibility index (Phi) is 6.62. The van der Waals surface area contributed by atoms with Crippen LogP contribution >= 0.6 is 0 Å². The molecule has 4 rings (SSSR count). The van der Waals surface area contributed by atoms with Gasteiger partial charge in [0.25, 0.3) is 0 Å². The second-order valence-corrected chi connectivity index (χ2v) is 7.68. The molecule has 1 amide bonds. The molecule has 10 nitrogen and oxygen atoms in total. The van der Waals surface area contributed by atoms with Gasteiger partial charge in [-0.15, -0.1) is 0 Å². The minimum atomic E-state index is -1.01. The number of amides is 1. The van der Waals surface area contributed by atoms with E-state index in [0.717, 1.165) is 24.3 Å². The first-order valence-electron chi connectivity index (χ1n) is 10.5. The van der Waals surface area contributed by atoms with E-state index in [9.17, 15) is 14.7 Å². The van der Waals surface area contributed by atoms with E-state index in [-0.39, 0.29) is 5.43 Å². The smallest absolute Gasteiger partial charge is 0.411 e. The maximum absolute atomic E-state index is 12.4. The van der Waals surface area contributed by atoms with Crippen LogP contribution in [0.25, 0.3) is 5.69 Å². The molecule has 2 aromatic heterocycles. The summed E-state index contributed by atoms with van der Waals surface area (Å²) in [6.45, 7) is 3.94. The van der Waals surface area contributed by atoms with Gasteiger partial charge >= 0.3 is 6.09 Å². The number of aryl methyl sites for hydroxylation is 1. The van der Waals surface area contributed by atoms with Crippen LogP contribution in [0.3, 0.4) is 0 Å². The van der Waals surface area contributed by atoms with Crippen LogP contribution in [-0.4, -0.2) is 75.1 Å². The van der Waals surface area contributed by atoms with E-state index in [2.05, 4.69) is 15.1 Å². The molecule has 0 bridgehead atoms. The number of benzene rings is 1. The number of anilines is 1. The molecule has 0 unspecified atom stereocenters. The second kappa shape index (κ2) is 9.75. The molecule has 0 atom stereocenters. The number of rotatable bonds is 7. The molecule has 1 fully saturated rings. The molecule has 1 N–H and O–H groups in total. The Morgan fingerprint density at radius 2 is 2.06 bits per heavy atom. The first kappa shape index (κ1) is 21.7. The third-order valence-electron chi connectivity index (χ3n) is 5.40. The minimum Gasteiger partial charge on any atom is -0.465 e. The summed E-state index contributed by atoms with van der Waals surface area (Å²) < 4.78 is 8.62. The van der Waals surface area contributed by atoms with Crippen LogP contribution in [0, 0.1) is 0 Å². The SMILES string of the molecule is Cn1cc(-n2ccc(=O)c(Cc3cccc(N(CCN4CCOCC4)C(=O)O)c3)n2)cn1. The fraction of sp³-hybridized carbons (Fsp3) is 0.364. The zero-order chi connectivity index (χ0) is 22.5. The van der Waals surface area contributed by atoms with Crippen molar-refractivity contribution in [1.29, 1.82) is 0 Å². The average molecular weight is 438 g/mol. The largest absolute Gasteiger partial charge is 0.465 e. The Morgan fingerprint density at radius 1 is 1.25 bits per heavy atom. The van der Waals surface area contributed by atoms with Gasteiger partial charge in [0.1, 0.15) is 11.4 Å². The first-order valence-corrected chi connectivity index (χ1v) is 10.5. The molecule has 0 radical (unpaired) electrons. The highest BCUT2D eigenvalue weighted by molar-refractivity contribution is 5.86. The quantitative estimate of drug-likeness (QED) is 0.594. The van der Waals surface area contributed by atoms with Gasteiger partial charge in [-0.05, 0) is 17.7 Å². The maximum Gasteiger partial charge on any atom is 0.411 e. The van der Waals surface area contributed by atoms with Crippen molar-refractivity contribution < 1.29 is 14.6 Å². The Bertz CT molecular complexity index is 1140. The molecular weight excluding hydrogens is 412 g/mol. The third kappa shape index (κ3) is 5.21. The molecule has 3 aromatic rings. The van der Waals surface area contributed by atoms with E-state index in [0.29, 0.717) is 44.1 Å². The van der Waals surface area contributed by atoms with Crippen LogP contribution in [0.5, 0.6) is 0 Å². The van der Waals surface area contributed by atoms with E-state index in [1.807, 2.05) is 13.1 Å². The lowest BCUT2D eigenvalue weighted by Gasteiger charge is -2.29. The maximum atomic E-state index is 12.4. The number of nitrogens with zero attached hydrogens (tertiary/aromatic N) is 6. The molecule has 0 saturated carbocycles. The molecule has 168 valence electrons. The summed E-state index contributed by atoms with van der Waals surface area (Å²) in [5.41, 5.74) is 2.35. The molecule has 0 spiro atoms. The molecule has 1 aliphatic rings. The zero-order valence-electron chi connectivity index (χ0n) is 17.9. The van der Waals surface area contributed by atoms with Crippen LogP contribution in [-0.2, 0) is 18.2 Å². The van der Waals surface area contributed by atoms with Gasteiger partial charge in [0, 0.05) is 57.6 Å². The van der Waals surface area contributed by atoms with Crippen LogP contribution < -0.4 is 10.3 Å². The Hall–Kier alpha value is -3.50.